The lowest BCUT2D eigenvalue weighted by Crippen LogP contribution is -2.51. The molecule has 1 aromatic heterocycles. The molecule has 2 aliphatic heterocycles. The Kier molecular flexibility index (Phi) is 5.77. The summed E-state index contributed by atoms with van der Waals surface area (Å²) in [7, 11) is 2.25. The number of likely N-dealkylation sites (tertiary alicyclic amines) is 2. The first-order valence-electron chi connectivity index (χ1n) is 10.5. The third-order valence-electron chi connectivity index (χ3n) is 6.64. The van der Waals surface area contributed by atoms with Gasteiger partial charge in [0.25, 0.3) is 0 Å². The molecule has 0 unspecified atom stereocenters. The molecule has 1 atom stereocenters. The minimum atomic E-state index is 0.301. The number of hydrogen-bond donors (Lipinski definition) is 0. The highest BCUT2D eigenvalue weighted by Crippen LogP contribution is 2.44. The van der Waals surface area contributed by atoms with Gasteiger partial charge in [0.05, 0.1) is 0 Å². The Balaban J connectivity index is 1.34. The van der Waals surface area contributed by atoms with Gasteiger partial charge in [0.1, 0.15) is 0 Å². The molecule has 148 valence electrons. The van der Waals surface area contributed by atoms with Crippen molar-refractivity contribution in [3.8, 4) is 0 Å². The normalized spacial score (nSPS) is 22.3. The van der Waals surface area contributed by atoms with E-state index in [-0.39, 0.29) is 0 Å². The van der Waals surface area contributed by atoms with Crippen molar-refractivity contribution in [1.29, 1.82) is 0 Å². The number of nitrogens with zero attached hydrogens (tertiary/aromatic N) is 3. The van der Waals surface area contributed by atoms with Gasteiger partial charge in [0.2, 0.25) is 5.91 Å². The molecule has 4 nitrogen and oxygen atoms in total. The lowest BCUT2D eigenvalue weighted by Gasteiger charge is -2.49. The summed E-state index contributed by atoms with van der Waals surface area (Å²) < 4.78 is 0. The minimum absolute atomic E-state index is 0.301. The van der Waals surface area contributed by atoms with Crippen LogP contribution in [-0.2, 0) is 11.2 Å². The van der Waals surface area contributed by atoms with Crippen LogP contribution in [0.2, 0.25) is 0 Å². The van der Waals surface area contributed by atoms with Gasteiger partial charge in [-0.15, -0.1) is 0 Å². The first-order chi connectivity index (χ1) is 13.6. The van der Waals surface area contributed by atoms with Gasteiger partial charge >= 0.3 is 0 Å². The highest BCUT2D eigenvalue weighted by molar-refractivity contribution is 5.76. The Labute approximate surface area is 168 Å². The van der Waals surface area contributed by atoms with E-state index in [0.717, 1.165) is 45.4 Å². The average Bonchev–Trinajstić information content (AvgIpc) is 2.73. The van der Waals surface area contributed by atoms with Crippen LogP contribution < -0.4 is 0 Å². The standard InChI is InChI=1S/C24H31N3O/c1-26-18-22(21-5-3-2-4-6-21)17-24(19-26)11-15-27(16-12-24)23(28)8-7-20-9-13-25-14-10-20/h2-6,9-10,13-14,22H,7-8,11-12,15-19H2,1H3/t22-/m1/s1. The molecule has 4 rings (SSSR count). The fourth-order valence-electron chi connectivity index (χ4n) is 5.17. The number of rotatable bonds is 4. The van der Waals surface area contributed by atoms with Crippen LogP contribution in [0, 0.1) is 5.41 Å². The first kappa shape index (κ1) is 19.1. The van der Waals surface area contributed by atoms with Crippen molar-refractivity contribution in [2.45, 2.75) is 38.0 Å². The van der Waals surface area contributed by atoms with Gasteiger partial charge in [-0.2, -0.15) is 0 Å². The molecule has 3 heterocycles. The van der Waals surface area contributed by atoms with Crippen molar-refractivity contribution in [3.63, 3.8) is 0 Å². The molecular formula is C24H31N3O. The maximum absolute atomic E-state index is 12.7. The number of aryl methyl sites for hydroxylation is 1. The van der Waals surface area contributed by atoms with Crippen molar-refractivity contribution < 1.29 is 4.79 Å². The largest absolute Gasteiger partial charge is 0.343 e. The van der Waals surface area contributed by atoms with Crippen LogP contribution in [0.25, 0.3) is 0 Å². The molecule has 1 amide bonds. The van der Waals surface area contributed by atoms with Gasteiger partial charge in [-0.3, -0.25) is 9.78 Å². The second-order valence-electron chi connectivity index (χ2n) is 8.74. The smallest absolute Gasteiger partial charge is 0.222 e. The third-order valence-corrected chi connectivity index (χ3v) is 6.64. The van der Waals surface area contributed by atoms with E-state index in [2.05, 4.69) is 52.2 Å². The number of carbonyl (C=O) groups is 1. The molecular weight excluding hydrogens is 346 g/mol. The summed E-state index contributed by atoms with van der Waals surface area (Å²) in [5, 5.41) is 0. The SMILES string of the molecule is CN1C[C@H](c2ccccc2)CC2(CCN(C(=O)CCc3ccncc3)CC2)C1. The Bertz CT molecular complexity index is 769. The number of benzene rings is 1. The zero-order valence-electron chi connectivity index (χ0n) is 16.9. The summed E-state index contributed by atoms with van der Waals surface area (Å²) >= 11 is 0. The van der Waals surface area contributed by atoms with E-state index in [9.17, 15) is 4.79 Å². The maximum Gasteiger partial charge on any atom is 0.222 e. The van der Waals surface area contributed by atoms with E-state index < -0.39 is 0 Å². The molecule has 0 aliphatic carbocycles. The fourth-order valence-corrected chi connectivity index (χ4v) is 5.17. The number of carbonyl (C=O) groups excluding carboxylic acids is 1. The number of aromatic nitrogens is 1. The average molecular weight is 378 g/mol. The summed E-state index contributed by atoms with van der Waals surface area (Å²) in [5.41, 5.74) is 3.01. The molecule has 28 heavy (non-hydrogen) atoms. The van der Waals surface area contributed by atoms with Crippen LogP contribution in [0.15, 0.2) is 54.9 Å². The van der Waals surface area contributed by atoms with E-state index in [0.29, 0.717) is 23.7 Å². The Morgan fingerprint density at radius 2 is 1.82 bits per heavy atom. The summed E-state index contributed by atoms with van der Waals surface area (Å²) in [6.07, 6.45) is 8.51. The highest BCUT2D eigenvalue weighted by atomic mass is 16.2. The Morgan fingerprint density at radius 3 is 2.54 bits per heavy atom. The summed E-state index contributed by atoms with van der Waals surface area (Å²) in [6, 6.07) is 15.0. The van der Waals surface area contributed by atoms with E-state index in [1.54, 1.807) is 12.4 Å². The van der Waals surface area contributed by atoms with E-state index in [1.165, 1.54) is 17.5 Å². The molecule has 0 radical (unpaired) electrons. The molecule has 2 aliphatic rings. The third kappa shape index (κ3) is 4.44. The number of pyridine rings is 1. The zero-order valence-corrected chi connectivity index (χ0v) is 16.9. The number of piperidine rings is 2. The van der Waals surface area contributed by atoms with Crippen LogP contribution in [-0.4, -0.2) is 53.9 Å². The van der Waals surface area contributed by atoms with Crippen LogP contribution in [0.3, 0.4) is 0 Å². The van der Waals surface area contributed by atoms with Crippen LogP contribution >= 0.6 is 0 Å². The molecule has 0 bridgehead atoms. The Hall–Kier alpha value is -2.20. The Morgan fingerprint density at radius 1 is 1.11 bits per heavy atom. The van der Waals surface area contributed by atoms with Crippen molar-refractivity contribution in [2.24, 2.45) is 5.41 Å². The molecule has 0 saturated carbocycles. The molecule has 4 heteroatoms. The second-order valence-corrected chi connectivity index (χ2v) is 8.74. The lowest BCUT2D eigenvalue weighted by atomic mass is 9.68. The van der Waals surface area contributed by atoms with Crippen LogP contribution in [0.4, 0.5) is 0 Å². The van der Waals surface area contributed by atoms with E-state index in [4.69, 9.17) is 0 Å². The molecule has 0 N–H and O–H groups in total. The first-order valence-corrected chi connectivity index (χ1v) is 10.5. The summed E-state index contributed by atoms with van der Waals surface area (Å²) in [6.45, 7) is 4.12. The predicted octanol–water partition coefficient (Wildman–Crippen LogP) is 3.74. The van der Waals surface area contributed by atoms with Gasteiger partial charge in [-0.05, 0) is 67.3 Å². The molecule has 2 fully saturated rings. The van der Waals surface area contributed by atoms with Gasteiger partial charge in [-0.25, -0.2) is 0 Å². The summed E-state index contributed by atoms with van der Waals surface area (Å²) in [5.74, 6) is 0.907. The monoisotopic (exact) mass is 377 g/mol. The lowest BCUT2D eigenvalue weighted by molar-refractivity contribution is -0.134. The van der Waals surface area contributed by atoms with Gasteiger partial charge in [0, 0.05) is 45.0 Å². The molecule has 1 aromatic carbocycles. The van der Waals surface area contributed by atoms with Crippen LogP contribution in [0.1, 0.15) is 42.7 Å². The second kappa shape index (κ2) is 8.44. The van der Waals surface area contributed by atoms with Gasteiger partial charge < -0.3 is 9.80 Å². The summed E-state index contributed by atoms with van der Waals surface area (Å²) in [4.78, 5) is 21.3. The van der Waals surface area contributed by atoms with Gasteiger partial charge in [0.15, 0.2) is 0 Å². The van der Waals surface area contributed by atoms with Gasteiger partial charge in [-0.1, -0.05) is 30.3 Å². The predicted molar refractivity (Wildman–Crippen MR) is 112 cm³/mol. The van der Waals surface area contributed by atoms with E-state index in [1.807, 2.05) is 12.1 Å². The quantitative estimate of drug-likeness (QED) is 0.814. The number of amides is 1. The van der Waals surface area contributed by atoms with Crippen molar-refractivity contribution in [2.75, 3.05) is 33.2 Å². The number of likely N-dealkylation sites (N-methyl/N-ethyl adjacent to an activating group) is 1. The maximum atomic E-state index is 12.7. The highest BCUT2D eigenvalue weighted by Gasteiger charge is 2.41. The van der Waals surface area contributed by atoms with Crippen molar-refractivity contribution >= 4 is 5.91 Å². The van der Waals surface area contributed by atoms with Crippen molar-refractivity contribution in [3.05, 3.63) is 66.0 Å². The van der Waals surface area contributed by atoms with Crippen LogP contribution in [0.5, 0.6) is 0 Å². The molecule has 2 saturated heterocycles. The topological polar surface area (TPSA) is 36.4 Å². The fraction of sp³-hybridized carbons (Fsp3) is 0.500. The molecule has 1 spiro atoms. The van der Waals surface area contributed by atoms with Crippen molar-refractivity contribution in [1.82, 2.24) is 14.8 Å². The number of hydrogen-bond acceptors (Lipinski definition) is 3. The molecule has 2 aromatic rings. The van der Waals surface area contributed by atoms with E-state index >= 15 is 0 Å². The zero-order chi connectivity index (χ0) is 19.4. The minimum Gasteiger partial charge on any atom is -0.343 e.